The van der Waals surface area contributed by atoms with Crippen LogP contribution in [-0.2, 0) is 10.8 Å². The molecule has 0 N–H and O–H groups in total. The van der Waals surface area contributed by atoms with Gasteiger partial charge in [-0.25, -0.2) is 0 Å². The zero-order valence-electron chi connectivity index (χ0n) is 30.1. The molecule has 0 heteroatoms. The Hall–Kier alpha value is -5.72. The van der Waals surface area contributed by atoms with E-state index in [0.717, 1.165) is 0 Å². The molecule has 0 fully saturated rings. The van der Waals surface area contributed by atoms with Crippen LogP contribution in [0.5, 0.6) is 0 Å². The van der Waals surface area contributed by atoms with E-state index in [4.69, 9.17) is 0 Å². The lowest BCUT2D eigenvalue weighted by Gasteiger charge is -2.35. The Balaban J connectivity index is 0.00000171. The molecule has 2 aliphatic carbocycles. The zero-order valence-corrected chi connectivity index (χ0v) is 30.1. The minimum atomic E-state index is -0.452. The number of fused-ring (bicyclic) bond motifs is 11. The van der Waals surface area contributed by atoms with Crippen LogP contribution in [0.4, 0.5) is 0 Å². The summed E-state index contributed by atoms with van der Waals surface area (Å²) in [6.07, 6.45) is 0. The van der Waals surface area contributed by atoms with Crippen LogP contribution in [0.2, 0.25) is 0 Å². The normalized spacial score (nSPS) is 16.2. The van der Waals surface area contributed by atoms with Gasteiger partial charge in [0.1, 0.15) is 0 Å². The number of hydrogen-bond acceptors (Lipinski definition) is 0. The third-order valence-corrected chi connectivity index (χ3v) is 11.7. The molecule has 51 heavy (non-hydrogen) atoms. The molecule has 0 saturated carbocycles. The SMILES string of the molecule is CC.Cc1ccc(C2(c3ccc(C)cc3)c3ccccc3-c3c(C4(C)c5ccccc5-c5c4c4ccccc4c4ccccc54)cccc32)cc1. The van der Waals surface area contributed by atoms with Gasteiger partial charge < -0.3 is 0 Å². The Labute approximate surface area is 302 Å². The predicted molar refractivity (Wildman–Crippen MR) is 217 cm³/mol. The van der Waals surface area contributed by atoms with Gasteiger partial charge in [-0.05, 0) is 104 Å². The molecular formula is C51H42. The molecule has 1 unspecified atom stereocenters. The van der Waals surface area contributed by atoms with Crippen molar-refractivity contribution >= 4 is 21.5 Å². The maximum Gasteiger partial charge on any atom is 0.0713 e. The first-order valence-corrected chi connectivity index (χ1v) is 18.4. The molecular weight excluding hydrogens is 613 g/mol. The lowest BCUT2D eigenvalue weighted by molar-refractivity contribution is 0.717. The fourth-order valence-corrected chi connectivity index (χ4v) is 9.63. The molecule has 246 valence electrons. The maximum absolute atomic E-state index is 2.49. The van der Waals surface area contributed by atoms with Gasteiger partial charge in [-0.1, -0.05) is 189 Å². The molecule has 0 bridgehead atoms. The average molecular weight is 655 g/mol. The largest absolute Gasteiger partial charge is 0.0713 e. The molecule has 0 aliphatic heterocycles. The van der Waals surface area contributed by atoms with Crippen LogP contribution in [0, 0.1) is 13.8 Å². The summed E-state index contributed by atoms with van der Waals surface area (Å²) in [5.74, 6) is 0. The first-order chi connectivity index (χ1) is 25.0. The van der Waals surface area contributed by atoms with E-state index in [2.05, 4.69) is 185 Å². The summed E-state index contributed by atoms with van der Waals surface area (Å²) < 4.78 is 0. The minimum absolute atomic E-state index is 0.398. The summed E-state index contributed by atoms with van der Waals surface area (Å²) in [5.41, 5.74) is 16.6. The van der Waals surface area contributed by atoms with E-state index < -0.39 is 10.8 Å². The second-order valence-corrected chi connectivity index (χ2v) is 14.3. The van der Waals surface area contributed by atoms with Crippen molar-refractivity contribution in [3.8, 4) is 22.3 Å². The van der Waals surface area contributed by atoms with Crippen molar-refractivity contribution in [3.63, 3.8) is 0 Å². The standard InChI is InChI=1S/C49H36.C2H6/c1-31-23-27-33(28-24-31)49(34-29-25-32(2)26-30-34)42-20-11-9-18-40(42)46-43(21-12-22-44(46)49)48(3)41-19-10-8-17-39(41)45-37-15-6-4-13-35(37)36-14-5-7-16-38(36)47(45)48;1-2/h4-30H,1-3H3;1-2H3. The van der Waals surface area contributed by atoms with E-state index in [1.54, 1.807) is 0 Å². The van der Waals surface area contributed by atoms with E-state index >= 15 is 0 Å². The van der Waals surface area contributed by atoms with Gasteiger partial charge in [0.15, 0.2) is 0 Å². The molecule has 2 aliphatic rings. The highest BCUT2D eigenvalue weighted by molar-refractivity contribution is 6.18. The first kappa shape index (κ1) is 31.3. The van der Waals surface area contributed by atoms with Crippen LogP contribution in [0.15, 0.2) is 164 Å². The van der Waals surface area contributed by atoms with Crippen LogP contribution in [0.25, 0.3) is 43.8 Å². The van der Waals surface area contributed by atoms with Gasteiger partial charge in [-0.3, -0.25) is 0 Å². The van der Waals surface area contributed by atoms with Crippen molar-refractivity contribution in [2.24, 2.45) is 0 Å². The van der Waals surface area contributed by atoms with Crippen molar-refractivity contribution in [1.29, 1.82) is 0 Å². The Bertz CT molecular complexity index is 2570. The van der Waals surface area contributed by atoms with Crippen LogP contribution in [0.3, 0.4) is 0 Å². The molecule has 0 radical (unpaired) electrons. The van der Waals surface area contributed by atoms with Crippen LogP contribution >= 0.6 is 0 Å². The van der Waals surface area contributed by atoms with Gasteiger partial charge in [0.05, 0.1) is 5.41 Å². The van der Waals surface area contributed by atoms with E-state index in [1.165, 1.54) is 93.9 Å². The van der Waals surface area contributed by atoms with E-state index in [-0.39, 0.29) is 0 Å². The molecule has 0 nitrogen and oxygen atoms in total. The molecule has 0 saturated heterocycles. The van der Waals surface area contributed by atoms with Crippen molar-refractivity contribution in [1.82, 2.24) is 0 Å². The van der Waals surface area contributed by atoms with E-state index in [9.17, 15) is 0 Å². The summed E-state index contributed by atoms with van der Waals surface area (Å²) in [6.45, 7) is 10.9. The van der Waals surface area contributed by atoms with Gasteiger partial charge in [-0.15, -0.1) is 0 Å². The summed E-state index contributed by atoms with van der Waals surface area (Å²) in [7, 11) is 0. The van der Waals surface area contributed by atoms with Gasteiger partial charge >= 0.3 is 0 Å². The molecule has 0 heterocycles. The van der Waals surface area contributed by atoms with E-state index in [0.29, 0.717) is 0 Å². The summed E-state index contributed by atoms with van der Waals surface area (Å²) in [6, 6.07) is 62.1. The third-order valence-electron chi connectivity index (χ3n) is 11.7. The molecule has 0 amide bonds. The van der Waals surface area contributed by atoms with Gasteiger partial charge in [0.2, 0.25) is 0 Å². The highest BCUT2D eigenvalue weighted by Crippen LogP contribution is 2.63. The summed E-state index contributed by atoms with van der Waals surface area (Å²) in [4.78, 5) is 0. The fraction of sp³-hybridized carbons (Fsp3) is 0.137. The molecule has 0 aromatic heterocycles. The number of rotatable bonds is 3. The third kappa shape index (κ3) is 4.14. The van der Waals surface area contributed by atoms with Crippen molar-refractivity contribution in [2.75, 3.05) is 0 Å². The monoisotopic (exact) mass is 654 g/mol. The van der Waals surface area contributed by atoms with Crippen LogP contribution in [-0.4, -0.2) is 0 Å². The number of hydrogen-bond donors (Lipinski definition) is 0. The van der Waals surface area contributed by atoms with Crippen molar-refractivity contribution < 1.29 is 0 Å². The Morgan fingerprint density at radius 3 is 1.39 bits per heavy atom. The lowest BCUT2D eigenvalue weighted by atomic mass is 9.66. The first-order valence-electron chi connectivity index (χ1n) is 18.4. The second-order valence-electron chi connectivity index (χ2n) is 14.3. The number of benzene rings is 8. The smallest absolute Gasteiger partial charge is 0.0683 e. The summed E-state index contributed by atoms with van der Waals surface area (Å²) >= 11 is 0. The molecule has 0 spiro atoms. The van der Waals surface area contributed by atoms with Crippen LogP contribution < -0.4 is 0 Å². The zero-order chi connectivity index (χ0) is 34.9. The average Bonchev–Trinajstić information content (AvgIpc) is 3.65. The molecule has 1 atom stereocenters. The highest BCUT2D eigenvalue weighted by atomic mass is 14.5. The Kier molecular flexibility index (Phi) is 7.16. The highest BCUT2D eigenvalue weighted by Gasteiger charge is 2.51. The maximum atomic E-state index is 2.49. The minimum Gasteiger partial charge on any atom is -0.0683 e. The lowest BCUT2D eigenvalue weighted by Crippen LogP contribution is -2.29. The second kappa shape index (κ2) is 11.7. The van der Waals surface area contributed by atoms with Crippen molar-refractivity contribution in [3.05, 3.63) is 214 Å². The summed E-state index contributed by atoms with van der Waals surface area (Å²) in [5, 5.41) is 5.30. The number of aryl methyl sites for hydroxylation is 2. The Morgan fingerprint density at radius 1 is 0.353 bits per heavy atom. The van der Waals surface area contributed by atoms with Gasteiger partial charge in [-0.2, -0.15) is 0 Å². The quantitative estimate of drug-likeness (QED) is 0.166. The Morgan fingerprint density at radius 2 is 0.784 bits per heavy atom. The topological polar surface area (TPSA) is 0 Å². The van der Waals surface area contributed by atoms with Gasteiger partial charge in [0.25, 0.3) is 0 Å². The van der Waals surface area contributed by atoms with Crippen LogP contribution in [0.1, 0.15) is 70.8 Å². The molecule has 10 rings (SSSR count). The van der Waals surface area contributed by atoms with E-state index in [1.807, 2.05) is 13.8 Å². The molecule has 8 aromatic rings. The van der Waals surface area contributed by atoms with Gasteiger partial charge in [0, 0.05) is 5.41 Å². The molecule has 8 aromatic carbocycles. The fourth-order valence-electron chi connectivity index (χ4n) is 9.63. The predicted octanol–water partition coefficient (Wildman–Crippen LogP) is 13.3. The van der Waals surface area contributed by atoms with Crippen molar-refractivity contribution in [2.45, 2.75) is 45.4 Å².